The molecule has 0 aliphatic heterocycles. The van der Waals surface area contributed by atoms with E-state index in [1.54, 1.807) is 13.0 Å². The lowest BCUT2D eigenvalue weighted by molar-refractivity contribution is -0.136. The maximum Gasteiger partial charge on any atom is 0.333 e. The molecule has 0 amide bonds. The lowest BCUT2D eigenvalue weighted by atomic mass is 10.3. The molecule has 3 heteroatoms. The second-order valence-corrected chi connectivity index (χ2v) is 1.94. The van der Waals surface area contributed by atoms with E-state index in [-0.39, 0.29) is 5.97 Å². The van der Waals surface area contributed by atoms with E-state index in [2.05, 4.69) is 10.1 Å². The van der Waals surface area contributed by atoms with Crippen molar-refractivity contribution in [3.05, 3.63) is 11.6 Å². The molecular formula is C7H13NO2. The summed E-state index contributed by atoms with van der Waals surface area (Å²) in [4.78, 5) is 10.7. The molecule has 0 rings (SSSR count). The minimum Gasteiger partial charge on any atom is -0.466 e. The summed E-state index contributed by atoms with van der Waals surface area (Å²) in [5, 5.41) is 2.89. The predicted molar refractivity (Wildman–Crippen MR) is 39.7 cm³/mol. The van der Waals surface area contributed by atoms with Gasteiger partial charge in [-0.15, -0.1) is 0 Å². The minimum absolute atomic E-state index is 0.268. The fraction of sp³-hybridized carbons (Fsp3) is 0.571. The highest BCUT2D eigenvalue weighted by Crippen LogP contribution is 1.92. The van der Waals surface area contributed by atoms with Crippen LogP contribution in [0.1, 0.15) is 6.92 Å². The second-order valence-electron chi connectivity index (χ2n) is 1.94. The van der Waals surface area contributed by atoms with E-state index in [1.807, 2.05) is 7.05 Å². The molecule has 0 fully saturated rings. The topological polar surface area (TPSA) is 38.3 Å². The standard InChI is InChI=1S/C7H13NO2/c1-6(4-5-8-2)7(9)10-3/h4,8H,5H2,1-3H3/b6-4-. The Labute approximate surface area is 61.1 Å². The lowest BCUT2D eigenvalue weighted by Crippen LogP contribution is -2.08. The van der Waals surface area contributed by atoms with Gasteiger partial charge in [-0.05, 0) is 14.0 Å². The van der Waals surface area contributed by atoms with Gasteiger partial charge in [0.1, 0.15) is 0 Å². The normalized spacial score (nSPS) is 11.3. The van der Waals surface area contributed by atoms with Crippen molar-refractivity contribution in [3.8, 4) is 0 Å². The van der Waals surface area contributed by atoms with Gasteiger partial charge in [-0.25, -0.2) is 4.79 Å². The Kier molecular flexibility index (Phi) is 4.58. The zero-order chi connectivity index (χ0) is 7.98. The molecule has 0 aromatic carbocycles. The number of carbonyl (C=O) groups is 1. The van der Waals surface area contributed by atoms with E-state index < -0.39 is 0 Å². The van der Waals surface area contributed by atoms with Gasteiger partial charge in [0.2, 0.25) is 0 Å². The van der Waals surface area contributed by atoms with Gasteiger partial charge in [-0.3, -0.25) is 0 Å². The Hall–Kier alpha value is -0.830. The number of esters is 1. The van der Waals surface area contributed by atoms with Gasteiger partial charge in [0.25, 0.3) is 0 Å². The molecule has 0 aromatic rings. The molecule has 0 bridgehead atoms. The highest BCUT2D eigenvalue weighted by molar-refractivity contribution is 5.87. The van der Waals surface area contributed by atoms with Crippen molar-refractivity contribution in [2.75, 3.05) is 20.7 Å². The Bertz CT molecular complexity index is 141. The Morgan fingerprint density at radius 3 is 2.70 bits per heavy atom. The maximum atomic E-state index is 10.7. The van der Waals surface area contributed by atoms with Crippen LogP contribution in [0.4, 0.5) is 0 Å². The van der Waals surface area contributed by atoms with Crippen molar-refractivity contribution in [3.63, 3.8) is 0 Å². The molecule has 10 heavy (non-hydrogen) atoms. The highest BCUT2D eigenvalue weighted by Gasteiger charge is 1.99. The summed E-state index contributed by atoms with van der Waals surface area (Å²) < 4.78 is 4.47. The van der Waals surface area contributed by atoms with Crippen LogP contribution in [0.2, 0.25) is 0 Å². The van der Waals surface area contributed by atoms with E-state index in [0.29, 0.717) is 12.1 Å². The number of carbonyl (C=O) groups excluding carboxylic acids is 1. The van der Waals surface area contributed by atoms with Gasteiger partial charge in [0.05, 0.1) is 7.11 Å². The molecule has 0 aliphatic rings. The van der Waals surface area contributed by atoms with E-state index in [9.17, 15) is 4.79 Å². The monoisotopic (exact) mass is 143 g/mol. The summed E-state index contributed by atoms with van der Waals surface area (Å²) in [7, 11) is 3.19. The molecule has 0 saturated heterocycles. The van der Waals surface area contributed by atoms with Gasteiger partial charge in [-0.1, -0.05) is 6.08 Å². The molecular weight excluding hydrogens is 130 g/mol. The number of nitrogens with one attached hydrogen (secondary N) is 1. The van der Waals surface area contributed by atoms with Crippen LogP contribution in [0.15, 0.2) is 11.6 Å². The molecule has 0 heterocycles. The van der Waals surface area contributed by atoms with Crippen LogP contribution in [-0.2, 0) is 9.53 Å². The Morgan fingerprint density at radius 1 is 1.70 bits per heavy atom. The van der Waals surface area contributed by atoms with Gasteiger partial charge in [-0.2, -0.15) is 0 Å². The van der Waals surface area contributed by atoms with E-state index in [0.717, 1.165) is 0 Å². The first kappa shape index (κ1) is 9.17. The summed E-state index contributed by atoms with van der Waals surface area (Å²) in [5.41, 5.74) is 0.636. The summed E-state index contributed by atoms with van der Waals surface area (Å²) >= 11 is 0. The molecule has 0 aliphatic carbocycles. The Balaban J connectivity index is 3.80. The van der Waals surface area contributed by atoms with Gasteiger partial charge < -0.3 is 10.1 Å². The molecule has 0 unspecified atom stereocenters. The fourth-order valence-electron chi connectivity index (χ4n) is 0.499. The molecule has 0 saturated carbocycles. The van der Waals surface area contributed by atoms with Crippen LogP contribution < -0.4 is 5.32 Å². The molecule has 0 spiro atoms. The average molecular weight is 143 g/mol. The van der Waals surface area contributed by atoms with E-state index in [4.69, 9.17) is 0 Å². The zero-order valence-electron chi connectivity index (χ0n) is 6.60. The van der Waals surface area contributed by atoms with Crippen molar-refractivity contribution in [1.82, 2.24) is 5.32 Å². The van der Waals surface area contributed by atoms with Crippen molar-refractivity contribution in [2.24, 2.45) is 0 Å². The first-order valence-electron chi connectivity index (χ1n) is 3.12. The van der Waals surface area contributed by atoms with Crippen LogP contribution in [0, 0.1) is 0 Å². The third-order valence-corrected chi connectivity index (χ3v) is 1.12. The van der Waals surface area contributed by atoms with E-state index in [1.165, 1.54) is 7.11 Å². The number of ether oxygens (including phenoxy) is 1. The average Bonchev–Trinajstić information content (AvgIpc) is 1.98. The summed E-state index contributed by atoms with van der Waals surface area (Å²) in [6.07, 6.45) is 1.78. The SMILES string of the molecule is CNC/C=C(/C)C(=O)OC. The first-order chi connectivity index (χ1) is 4.72. The molecule has 58 valence electrons. The third-order valence-electron chi connectivity index (χ3n) is 1.12. The number of hydrogen-bond acceptors (Lipinski definition) is 3. The molecule has 0 radical (unpaired) electrons. The molecule has 1 N–H and O–H groups in total. The number of likely N-dealkylation sites (N-methyl/N-ethyl adjacent to an activating group) is 1. The lowest BCUT2D eigenvalue weighted by Gasteiger charge is -1.97. The molecule has 0 atom stereocenters. The summed E-state index contributed by atoms with van der Waals surface area (Å²) in [6, 6.07) is 0. The first-order valence-corrected chi connectivity index (χ1v) is 3.12. The largest absolute Gasteiger partial charge is 0.466 e. The van der Waals surface area contributed by atoms with Crippen molar-refractivity contribution >= 4 is 5.97 Å². The van der Waals surface area contributed by atoms with Gasteiger partial charge in [0.15, 0.2) is 0 Å². The fourth-order valence-corrected chi connectivity index (χ4v) is 0.499. The Morgan fingerprint density at radius 2 is 2.30 bits per heavy atom. The van der Waals surface area contributed by atoms with Crippen molar-refractivity contribution in [2.45, 2.75) is 6.92 Å². The number of rotatable bonds is 3. The van der Waals surface area contributed by atoms with Crippen LogP contribution in [0.3, 0.4) is 0 Å². The molecule has 3 nitrogen and oxygen atoms in total. The third kappa shape index (κ3) is 3.25. The van der Waals surface area contributed by atoms with Crippen LogP contribution in [0.25, 0.3) is 0 Å². The van der Waals surface area contributed by atoms with E-state index >= 15 is 0 Å². The second kappa shape index (κ2) is 4.99. The minimum atomic E-state index is -0.268. The van der Waals surface area contributed by atoms with Crippen LogP contribution >= 0.6 is 0 Å². The summed E-state index contributed by atoms with van der Waals surface area (Å²) in [5.74, 6) is -0.268. The number of methoxy groups -OCH3 is 1. The van der Waals surface area contributed by atoms with Gasteiger partial charge >= 0.3 is 5.97 Å². The maximum absolute atomic E-state index is 10.7. The van der Waals surface area contributed by atoms with Crippen molar-refractivity contribution < 1.29 is 9.53 Å². The highest BCUT2D eigenvalue weighted by atomic mass is 16.5. The smallest absolute Gasteiger partial charge is 0.333 e. The van der Waals surface area contributed by atoms with Gasteiger partial charge in [0, 0.05) is 12.1 Å². The van der Waals surface area contributed by atoms with Crippen molar-refractivity contribution in [1.29, 1.82) is 0 Å². The molecule has 0 aromatic heterocycles. The summed E-state index contributed by atoms with van der Waals surface area (Å²) in [6.45, 7) is 2.42. The quantitative estimate of drug-likeness (QED) is 0.457. The van der Waals surface area contributed by atoms with Crippen LogP contribution in [-0.4, -0.2) is 26.7 Å². The number of hydrogen-bond donors (Lipinski definition) is 1. The predicted octanol–water partition coefficient (Wildman–Crippen LogP) is 0.325. The zero-order valence-corrected chi connectivity index (χ0v) is 6.60. The van der Waals surface area contributed by atoms with Crippen LogP contribution in [0.5, 0.6) is 0 Å².